The molecule has 6 heteroatoms. The number of aromatic nitrogens is 2. The Balaban J connectivity index is 2.09. The van der Waals surface area contributed by atoms with Gasteiger partial charge in [-0.2, -0.15) is 0 Å². The lowest BCUT2D eigenvalue weighted by Gasteiger charge is -2.16. The molecule has 1 amide bonds. The third-order valence-corrected chi connectivity index (χ3v) is 3.97. The first-order valence-corrected chi connectivity index (χ1v) is 6.88. The predicted octanol–water partition coefficient (Wildman–Crippen LogP) is 3.06. The molecule has 0 bridgehead atoms. The highest BCUT2D eigenvalue weighted by molar-refractivity contribution is 9.10. The van der Waals surface area contributed by atoms with E-state index in [4.69, 9.17) is 11.6 Å². The van der Waals surface area contributed by atoms with Crippen LogP contribution in [0, 0.1) is 0 Å². The molecule has 0 fully saturated rings. The van der Waals surface area contributed by atoms with Gasteiger partial charge in [-0.25, -0.2) is 9.97 Å². The minimum absolute atomic E-state index is 0.0199. The van der Waals surface area contributed by atoms with Crippen molar-refractivity contribution in [2.24, 2.45) is 0 Å². The average Bonchev–Trinajstić information content (AvgIpc) is 2.92. The number of halogens is 2. The van der Waals surface area contributed by atoms with Gasteiger partial charge in [-0.3, -0.25) is 4.79 Å². The normalized spacial score (nSPS) is 14.3. The van der Waals surface area contributed by atoms with E-state index >= 15 is 0 Å². The summed E-state index contributed by atoms with van der Waals surface area (Å²) >= 11 is 9.43. The molecule has 3 rings (SSSR count). The van der Waals surface area contributed by atoms with E-state index in [0.717, 1.165) is 5.39 Å². The van der Waals surface area contributed by atoms with Gasteiger partial charge in [0, 0.05) is 22.9 Å². The highest BCUT2D eigenvalue weighted by Gasteiger charge is 2.20. The van der Waals surface area contributed by atoms with Gasteiger partial charge in [0.1, 0.15) is 11.5 Å². The first-order valence-electron chi connectivity index (χ1n) is 5.71. The van der Waals surface area contributed by atoms with Crippen molar-refractivity contribution in [3.8, 4) is 0 Å². The van der Waals surface area contributed by atoms with Crippen LogP contribution in [-0.4, -0.2) is 33.9 Å². The van der Waals surface area contributed by atoms with Crippen LogP contribution in [0.4, 0.5) is 0 Å². The van der Waals surface area contributed by atoms with Gasteiger partial charge in [0.05, 0.1) is 11.1 Å². The third-order valence-electron chi connectivity index (χ3n) is 3.01. The van der Waals surface area contributed by atoms with Crippen LogP contribution >= 0.6 is 27.5 Å². The number of carbonyl (C=O) groups excluding carboxylic acids is 1. The second-order valence-corrected chi connectivity index (χ2v) is 5.41. The molecular formula is C13H9BrClN3O. The van der Waals surface area contributed by atoms with Gasteiger partial charge in [0.25, 0.3) is 5.91 Å². The Morgan fingerprint density at radius 1 is 1.26 bits per heavy atom. The van der Waals surface area contributed by atoms with Gasteiger partial charge in [-0.05, 0) is 28.1 Å². The van der Waals surface area contributed by atoms with Crippen molar-refractivity contribution in [1.29, 1.82) is 0 Å². The lowest BCUT2D eigenvalue weighted by molar-refractivity contribution is 0.0799. The van der Waals surface area contributed by atoms with E-state index in [-0.39, 0.29) is 5.91 Å². The van der Waals surface area contributed by atoms with Crippen molar-refractivity contribution < 1.29 is 4.79 Å². The fourth-order valence-corrected chi connectivity index (χ4v) is 2.73. The molecule has 1 aromatic carbocycles. The van der Waals surface area contributed by atoms with Crippen molar-refractivity contribution in [2.75, 3.05) is 13.1 Å². The summed E-state index contributed by atoms with van der Waals surface area (Å²) in [4.78, 5) is 22.2. The molecule has 96 valence electrons. The smallest absolute Gasteiger partial charge is 0.255 e. The van der Waals surface area contributed by atoms with Crippen molar-refractivity contribution in [1.82, 2.24) is 14.9 Å². The monoisotopic (exact) mass is 337 g/mol. The Bertz CT molecular complexity index is 694. The minimum Gasteiger partial charge on any atom is -0.331 e. The maximum absolute atomic E-state index is 12.4. The molecule has 0 radical (unpaired) electrons. The average molecular weight is 339 g/mol. The second kappa shape index (κ2) is 4.90. The maximum Gasteiger partial charge on any atom is 0.255 e. The molecular weight excluding hydrogens is 330 g/mol. The largest absolute Gasteiger partial charge is 0.331 e. The van der Waals surface area contributed by atoms with Crippen LogP contribution < -0.4 is 0 Å². The first kappa shape index (κ1) is 12.6. The first-order chi connectivity index (χ1) is 9.16. The standard InChI is InChI=1S/C13H9BrClN3O/c14-10-5-9-11(16-7-17-12(9)15)6-8(10)13(19)18-3-1-2-4-18/h1-2,5-7H,3-4H2. The van der Waals surface area contributed by atoms with Crippen LogP contribution in [0.5, 0.6) is 0 Å². The molecule has 2 heterocycles. The lowest BCUT2D eigenvalue weighted by atomic mass is 10.1. The zero-order valence-corrected chi connectivity index (χ0v) is 12.1. The van der Waals surface area contributed by atoms with Gasteiger partial charge in [0.2, 0.25) is 0 Å². The molecule has 19 heavy (non-hydrogen) atoms. The molecule has 0 N–H and O–H groups in total. The number of carbonyl (C=O) groups is 1. The summed E-state index contributed by atoms with van der Waals surface area (Å²) in [5, 5.41) is 1.11. The molecule has 1 aromatic heterocycles. The van der Waals surface area contributed by atoms with Crippen LogP contribution in [0.2, 0.25) is 5.15 Å². The maximum atomic E-state index is 12.4. The molecule has 0 saturated heterocycles. The van der Waals surface area contributed by atoms with Crippen molar-refractivity contribution in [3.63, 3.8) is 0 Å². The Kier molecular flexibility index (Phi) is 3.24. The number of rotatable bonds is 1. The summed E-state index contributed by atoms with van der Waals surface area (Å²) in [6, 6.07) is 3.53. The van der Waals surface area contributed by atoms with E-state index in [2.05, 4.69) is 25.9 Å². The molecule has 4 nitrogen and oxygen atoms in total. The second-order valence-electron chi connectivity index (χ2n) is 4.20. The number of hydrogen-bond donors (Lipinski definition) is 0. The molecule has 1 aliphatic heterocycles. The summed E-state index contributed by atoms with van der Waals surface area (Å²) in [7, 11) is 0. The SMILES string of the molecule is O=C(c1cc2ncnc(Cl)c2cc1Br)N1CC=CC1. The zero-order valence-electron chi connectivity index (χ0n) is 9.81. The molecule has 1 aliphatic rings. The van der Waals surface area contributed by atoms with E-state index in [1.807, 2.05) is 12.2 Å². The summed E-state index contributed by atoms with van der Waals surface area (Å²) in [6.07, 6.45) is 5.35. The van der Waals surface area contributed by atoms with Crippen LogP contribution in [0.3, 0.4) is 0 Å². The number of benzene rings is 1. The lowest BCUT2D eigenvalue weighted by Crippen LogP contribution is -2.28. The van der Waals surface area contributed by atoms with E-state index < -0.39 is 0 Å². The molecule has 0 aliphatic carbocycles. The van der Waals surface area contributed by atoms with Crippen molar-refractivity contribution in [2.45, 2.75) is 0 Å². The molecule has 0 spiro atoms. The number of hydrogen-bond acceptors (Lipinski definition) is 3. The van der Waals surface area contributed by atoms with Gasteiger partial charge in [-0.1, -0.05) is 23.8 Å². The Morgan fingerprint density at radius 3 is 2.74 bits per heavy atom. The Hall–Kier alpha value is -1.46. The van der Waals surface area contributed by atoms with E-state index in [9.17, 15) is 4.79 Å². The number of nitrogens with zero attached hydrogens (tertiary/aromatic N) is 3. The minimum atomic E-state index is -0.0199. The van der Waals surface area contributed by atoms with Crippen molar-refractivity contribution >= 4 is 44.3 Å². The molecule has 0 saturated carbocycles. The van der Waals surface area contributed by atoms with Gasteiger partial charge >= 0.3 is 0 Å². The fourth-order valence-electron chi connectivity index (χ4n) is 2.02. The van der Waals surface area contributed by atoms with Gasteiger partial charge < -0.3 is 4.90 Å². The Labute approximate surface area is 123 Å². The van der Waals surface area contributed by atoms with Crippen LogP contribution in [0.1, 0.15) is 10.4 Å². The van der Waals surface area contributed by atoms with Crippen molar-refractivity contribution in [3.05, 3.63) is 45.8 Å². The summed E-state index contributed by atoms with van der Waals surface area (Å²) in [6.45, 7) is 1.29. The Morgan fingerprint density at radius 2 is 2.00 bits per heavy atom. The number of amides is 1. The van der Waals surface area contributed by atoms with Gasteiger partial charge in [0.15, 0.2) is 0 Å². The van der Waals surface area contributed by atoms with E-state index in [1.165, 1.54) is 6.33 Å². The van der Waals surface area contributed by atoms with Gasteiger partial charge in [-0.15, -0.1) is 0 Å². The summed E-state index contributed by atoms with van der Waals surface area (Å²) in [5.41, 5.74) is 1.25. The van der Waals surface area contributed by atoms with Crippen LogP contribution in [0.15, 0.2) is 35.1 Å². The topological polar surface area (TPSA) is 46.1 Å². The predicted molar refractivity (Wildman–Crippen MR) is 77.3 cm³/mol. The number of fused-ring (bicyclic) bond motifs is 1. The van der Waals surface area contributed by atoms with Crippen LogP contribution in [-0.2, 0) is 0 Å². The third kappa shape index (κ3) is 2.24. The van der Waals surface area contributed by atoms with E-state index in [0.29, 0.717) is 33.8 Å². The zero-order chi connectivity index (χ0) is 13.4. The highest BCUT2D eigenvalue weighted by atomic mass is 79.9. The molecule has 0 atom stereocenters. The van der Waals surface area contributed by atoms with Crippen LogP contribution in [0.25, 0.3) is 10.9 Å². The molecule has 2 aromatic rings. The van der Waals surface area contributed by atoms with E-state index in [1.54, 1.807) is 17.0 Å². The fraction of sp³-hybridized carbons (Fsp3) is 0.154. The summed E-state index contributed by atoms with van der Waals surface area (Å²) < 4.78 is 0.702. The molecule has 0 unspecified atom stereocenters. The summed E-state index contributed by atoms with van der Waals surface area (Å²) in [5.74, 6) is -0.0199. The highest BCUT2D eigenvalue weighted by Crippen LogP contribution is 2.28. The quantitative estimate of drug-likeness (QED) is 0.593.